The molecule has 3 fully saturated rings. The molecule has 1 nitrogen and oxygen atoms in total. The van der Waals surface area contributed by atoms with Crippen LogP contribution >= 0.6 is 0 Å². The van der Waals surface area contributed by atoms with Crippen LogP contribution in [0.3, 0.4) is 0 Å². The lowest BCUT2D eigenvalue weighted by Gasteiger charge is -2.53. The van der Waals surface area contributed by atoms with Gasteiger partial charge in [0.25, 0.3) is 0 Å². The Labute approximate surface area is 139 Å². The van der Waals surface area contributed by atoms with E-state index in [4.69, 9.17) is 5.73 Å². The predicted molar refractivity (Wildman–Crippen MR) is 100 cm³/mol. The van der Waals surface area contributed by atoms with Crippen molar-refractivity contribution in [2.24, 2.45) is 5.73 Å². The monoisotopic (exact) mass is 321 g/mol. The molecule has 0 bridgehead atoms. The Morgan fingerprint density at radius 3 is 1.14 bits per heavy atom. The second-order valence-corrected chi connectivity index (χ2v) is 13.8. The Kier molecular flexibility index (Phi) is 6.44. The molecule has 0 radical (unpaired) electrons. The van der Waals surface area contributed by atoms with Gasteiger partial charge in [-0.1, -0.05) is 96.3 Å². The molecule has 2 N–H and O–H groups in total. The summed E-state index contributed by atoms with van der Waals surface area (Å²) in [6.45, 7) is 0.996. The zero-order valence-electron chi connectivity index (χ0n) is 14.8. The molecule has 0 aliphatic heterocycles. The quantitative estimate of drug-likeness (QED) is 0.583. The van der Waals surface area contributed by atoms with Crippen molar-refractivity contribution < 1.29 is 0 Å². The third kappa shape index (κ3) is 3.48. The number of hydrogen-bond acceptors (Lipinski definition) is 1. The second-order valence-electron chi connectivity index (χ2n) is 8.66. The molecule has 2 heteroatoms. The van der Waals surface area contributed by atoms with Crippen molar-refractivity contribution in [3.05, 3.63) is 0 Å². The van der Waals surface area contributed by atoms with Crippen LogP contribution in [0.1, 0.15) is 96.3 Å². The first-order chi connectivity index (χ1) is 10.9. The van der Waals surface area contributed by atoms with Gasteiger partial charge in [-0.15, -0.1) is 0 Å². The van der Waals surface area contributed by atoms with Gasteiger partial charge < -0.3 is 5.73 Å². The third-order valence-corrected chi connectivity index (χ3v) is 15.1. The van der Waals surface area contributed by atoms with E-state index >= 15 is 0 Å². The number of nitrogens with two attached hydrogens (primary N) is 1. The summed E-state index contributed by atoms with van der Waals surface area (Å²) in [5, 5.41) is 0. The Balaban J connectivity index is 1.88. The normalized spacial score (nSPS) is 27.1. The molecule has 0 unspecified atom stereocenters. The van der Waals surface area contributed by atoms with Crippen LogP contribution in [-0.4, -0.2) is 14.6 Å². The smallest absolute Gasteiger partial charge is 0.0641 e. The van der Waals surface area contributed by atoms with Gasteiger partial charge in [-0.2, -0.15) is 0 Å². The lowest BCUT2D eigenvalue weighted by Crippen LogP contribution is -2.52. The molecule has 0 aromatic rings. The van der Waals surface area contributed by atoms with Crippen LogP contribution in [0.5, 0.6) is 0 Å². The zero-order chi connectivity index (χ0) is 15.3. The summed E-state index contributed by atoms with van der Waals surface area (Å²) in [5.74, 6) is 0. The molecule has 0 saturated heterocycles. The molecule has 3 aliphatic rings. The first-order valence-electron chi connectivity index (χ1n) is 10.6. The molecule has 0 amide bonds. The van der Waals surface area contributed by atoms with E-state index in [-0.39, 0.29) is 0 Å². The van der Waals surface area contributed by atoms with Crippen LogP contribution < -0.4 is 5.73 Å². The molecule has 3 saturated carbocycles. The summed E-state index contributed by atoms with van der Waals surface area (Å²) >= 11 is 0. The van der Waals surface area contributed by atoms with E-state index in [0.717, 1.165) is 23.2 Å². The molecule has 3 aliphatic carbocycles. The van der Waals surface area contributed by atoms with Crippen molar-refractivity contribution in [2.75, 3.05) is 6.54 Å². The highest BCUT2D eigenvalue weighted by molar-refractivity contribution is 6.84. The SMILES string of the molecule is NCC[Si](C1CCCCC1)(C1CCCCC1)C1CCCCC1. The van der Waals surface area contributed by atoms with Gasteiger partial charge in [0.1, 0.15) is 0 Å². The van der Waals surface area contributed by atoms with Crippen LogP contribution in [-0.2, 0) is 0 Å². The summed E-state index contributed by atoms with van der Waals surface area (Å²) < 4.78 is 0. The molecule has 0 atom stereocenters. The van der Waals surface area contributed by atoms with Crippen molar-refractivity contribution >= 4 is 8.07 Å². The van der Waals surface area contributed by atoms with E-state index in [0.29, 0.717) is 0 Å². The Bertz CT molecular complexity index is 266. The minimum Gasteiger partial charge on any atom is -0.331 e. The van der Waals surface area contributed by atoms with Gasteiger partial charge in [-0.05, 0) is 29.2 Å². The molecule has 0 heterocycles. The average molecular weight is 322 g/mol. The van der Waals surface area contributed by atoms with Crippen LogP contribution in [0.25, 0.3) is 0 Å². The second kappa shape index (κ2) is 8.33. The maximum Gasteiger partial charge on any atom is 0.0641 e. The first kappa shape index (κ1) is 17.0. The zero-order valence-corrected chi connectivity index (χ0v) is 15.8. The molecule has 0 aromatic heterocycles. The van der Waals surface area contributed by atoms with Crippen LogP contribution in [0, 0.1) is 0 Å². The Morgan fingerprint density at radius 2 is 0.864 bits per heavy atom. The highest BCUT2D eigenvalue weighted by Gasteiger charge is 2.51. The van der Waals surface area contributed by atoms with E-state index in [2.05, 4.69) is 0 Å². The molecule has 0 spiro atoms. The average Bonchev–Trinajstić information content (AvgIpc) is 2.62. The summed E-state index contributed by atoms with van der Waals surface area (Å²) in [6.07, 6.45) is 23.2. The van der Waals surface area contributed by atoms with Gasteiger partial charge in [0.2, 0.25) is 0 Å². The highest BCUT2D eigenvalue weighted by atomic mass is 28.3. The first-order valence-corrected chi connectivity index (χ1v) is 13.0. The molecule has 3 rings (SSSR count). The van der Waals surface area contributed by atoms with Gasteiger partial charge in [-0.3, -0.25) is 0 Å². The Morgan fingerprint density at radius 1 is 0.545 bits per heavy atom. The summed E-state index contributed by atoms with van der Waals surface area (Å²) in [6, 6.07) is 1.48. The lowest BCUT2D eigenvalue weighted by molar-refractivity contribution is 0.413. The predicted octanol–water partition coefficient (Wildman–Crippen LogP) is 6.40. The molecular weight excluding hydrogens is 282 g/mol. The van der Waals surface area contributed by atoms with E-state index < -0.39 is 8.07 Å². The fraction of sp³-hybridized carbons (Fsp3) is 1.00. The van der Waals surface area contributed by atoms with Gasteiger partial charge in [0.05, 0.1) is 8.07 Å². The molecular formula is C20H39NSi. The van der Waals surface area contributed by atoms with E-state index in [9.17, 15) is 0 Å². The van der Waals surface area contributed by atoms with Gasteiger partial charge in [0.15, 0.2) is 0 Å². The maximum atomic E-state index is 6.27. The minimum atomic E-state index is -1.22. The number of rotatable bonds is 5. The fourth-order valence-corrected chi connectivity index (χ4v) is 15.0. The van der Waals surface area contributed by atoms with E-state index in [1.807, 2.05) is 0 Å². The fourth-order valence-electron chi connectivity index (χ4n) is 6.78. The van der Waals surface area contributed by atoms with E-state index in [1.165, 1.54) is 63.8 Å². The maximum absolute atomic E-state index is 6.27. The van der Waals surface area contributed by atoms with Gasteiger partial charge in [-0.25, -0.2) is 0 Å². The highest BCUT2D eigenvalue weighted by Crippen LogP contribution is 2.58. The summed E-state index contributed by atoms with van der Waals surface area (Å²) in [4.78, 5) is 0. The van der Waals surface area contributed by atoms with Crippen LogP contribution in [0.4, 0.5) is 0 Å². The van der Waals surface area contributed by atoms with E-state index in [1.54, 1.807) is 38.5 Å². The largest absolute Gasteiger partial charge is 0.331 e. The van der Waals surface area contributed by atoms with Crippen LogP contribution in [0.2, 0.25) is 22.7 Å². The van der Waals surface area contributed by atoms with Crippen molar-refractivity contribution in [1.82, 2.24) is 0 Å². The standard InChI is InChI=1S/C20H39NSi/c21-16-17-22(18-10-4-1-5-11-18,19-12-6-2-7-13-19)20-14-8-3-9-15-20/h18-20H,1-17,21H2. The van der Waals surface area contributed by atoms with Gasteiger partial charge >= 0.3 is 0 Å². The van der Waals surface area contributed by atoms with Crippen molar-refractivity contribution in [3.63, 3.8) is 0 Å². The lowest BCUT2D eigenvalue weighted by atomic mass is 9.98. The Hall–Kier alpha value is 0.177. The van der Waals surface area contributed by atoms with Crippen molar-refractivity contribution in [3.8, 4) is 0 Å². The van der Waals surface area contributed by atoms with Crippen LogP contribution in [0.15, 0.2) is 0 Å². The summed E-state index contributed by atoms with van der Waals surface area (Å²) in [7, 11) is -1.22. The third-order valence-electron chi connectivity index (χ3n) is 7.67. The van der Waals surface area contributed by atoms with Crippen molar-refractivity contribution in [2.45, 2.75) is 119 Å². The summed E-state index contributed by atoms with van der Waals surface area (Å²) in [5.41, 5.74) is 9.72. The molecule has 22 heavy (non-hydrogen) atoms. The molecule has 128 valence electrons. The van der Waals surface area contributed by atoms with Gasteiger partial charge in [0, 0.05) is 0 Å². The van der Waals surface area contributed by atoms with Crippen molar-refractivity contribution in [1.29, 1.82) is 0 Å². The minimum absolute atomic E-state index is 0.996. The molecule has 0 aromatic carbocycles. The number of hydrogen-bond donors (Lipinski definition) is 1. The topological polar surface area (TPSA) is 26.0 Å².